The molecule has 0 heterocycles. The van der Waals surface area contributed by atoms with E-state index in [0.29, 0.717) is 34.1 Å². The van der Waals surface area contributed by atoms with Crippen molar-refractivity contribution in [3.8, 4) is 11.5 Å². The fourth-order valence-corrected chi connectivity index (χ4v) is 2.77. The molecule has 3 nitrogen and oxygen atoms in total. The highest BCUT2D eigenvalue weighted by Crippen LogP contribution is 2.31. The van der Waals surface area contributed by atoms with E-state index in [0.717, 1.165) is 24.2 Å². The summed E-state index contributed by atoms with van der Waals surface area (Å²) in [5.41, 5.74) is 1.92. The molecule has 0 aliphatic rings. The lowest BCUT2D eigenvalue weighted by molar-refractivity contribution is 0.284. The highest BCUT2D eigenvalue weighted by molar-refractivity contribution is 6.35. The third-order valence-corrected chi connectivity index (χ3v) is 4.25. The summed E-state index contributed by atoms with van der Waals surface area (Å²) in [6.07, 6.45) is 0. The van der Waals surface area contributed by atoms with Gasteiger partial charge in [-0.25, -0.2) is 0 Å². The van der Waals surface area contributed by atoms with Crippen LogP contribution in [-0.2, 0) is 13.2 Å². The second-order valence-electron chi connectivity index (χ2n) is 6.00. The van der Waals surface area contributed by atoms with Gasteiger partial charge in [0.1, 0.15) is 6.61 Å². The predicted molar refractivity (Wildman–Crippen MR) is 100 cm³/mol. The zero-order chi connectivity index (χ0) is 17.5. The minimum absolute atomic E-state index is 0.291. The topological polar surface area (TPSA) is 30.5 Å². The molecule has 0 fully saturated rings. The molecule has 0 saturated heterocycles. The Morgan fingerprint density at radius 2 is 1.75 bits per heavy atom. The van der Waals surface area contributed by atoms with Crippen molar-refractivity contribution in [3.63, 3.8) is 0 Å². The smallest absolute Gasteiger partial charge is 0.161 e. The van der Waals surface area contributed by atoms with Crippen molar-refractivity contribution in [1.82, 2.24) is 5.32 Å². The van der Waals surface area contributed by atoms with Crippen LogP contribution in [0.15, 0.2) is 36.4 Å². The summed E-state index contributed by atoms with van der Waals surface area (Å²) >= 11 is 12.3. The van der Waals surface area contributed by atoms with Crippen molar-refractivity contribution >= 4 is 23.2 Å². The van der Waals surface area contributed by atoms with Crippen LogP contribution in [0.2, 0.25) is 10.0 Å². The number of ether oxygens (including phenoxy) is 2. The van der Waals surface area contributed by atoms with E-state index in [1.165, 1.54) is 0 Å². The summed E-state index contributed by atoms with van der Waals surface area (Å²) < 4.78 is 11.3. The third-order valence-electron chi connectivity index (χ3n) is 3.54. The first kappa shape index (κ1) is 18.9. The van der Waals surface area contributed by atoms with E-state index >= 15 is 0 Å². The fraction of sp³-hybridized carbons (Fsp3) is 0.368. The maximum Gasteiger partial charge on any atom is 0.161 e. The van der Waals surface area contributed by atoms with Gasteiger partial charge in [0, 0.05) is 22.2 Å². The molecule has 0 amide bonds. The Hall–Kier alpha value is -1.42. The average molecular weight is 368 g/mol. The van der Waals surface area contributed by atoms with E-state index < -0.39 is 0 Å². The molecule has 2 aromatic carbocycles. The molecular weight excluding hydrogens is 345 g/mol. The van der Waals surface area contributed by atoms with Crippen molar-refractivity contribution in [2.45, 2.75) is 27.0 Å². The molecule has 0 aromatic heterocycles. The summed E-state index contributed by atoms with van der Waals surface area (Å²) in [6.45, 7) is 6.44. The monoisotopic (exact) mass is 367 g/mol. The number of hydrogen-bond acceptors (Lipinski definition) is 3. The Labute approximate surface area is 153 Å². The summed E-state index contributed by atoms with van der Waals surface area (Å²) in [7, 11) is 1.63. The molecule has 1 N–H and O–H groups in total. The van der Waals surface area contributed by atoms with Crippen molar-refractivity contribution in [3.05, 3.63) is 57.6 Å². The maximum atomic E-state index is 6.17. The van der Waals surface area contributed by atoms with Crippen LogP contribution >= 0.6 is 23.2 Å². The SMILES string of the molecule is COc1cc(CNCC(C)C)ccc1OCc1c(Cl)cccc1Cl. The number of benzene rings is 2. The summed E-state index contributed by atoms with van der Waals surface area (Å²) in [4.78, 5) is 0. The van der Waals surface area contributed by atoms with E-state index in [-0.39, 0.29) is 0 Å². The van der Waals surface area contributed by atoms with Crippen molar-refractivity contribution in [2.75, 3.05) is 13.7 Å². The highest BCUT2D eigenvalue weighted by Gasteiger charge is 2.10. The second-order valence-corrected chi connectivity index (χ2v) is 6.81. The van der Waals surface area contributed by atoms with Gasteiger partial charge in [0.15, 0.2) is 11.5 Å². The molecule has 0 unspecified atom stereocenters. The van der Waals surface area contributed by atoms with Crippen LogP contribution < -0.4 is 14.8 Å². The normalized spacial score (nSPS) is 10.9. The van der Waals surface area contributed by atoms with Crippen molar-refractivity contribution < 1.29 is 9.47 Å². The molecule has 0 spiro atoms. The molecule has 0 saturated carbocycles. The molecule has 2 aromatic rings. The Morgan fingerprint density at radius 1 is 1.04 bits per heavy atom. The molecular formula is C19H23Cl2NO2. The van der Waals surface area contributed by atoms with Crippen LogP contribution in [0.3, 0.4) is 0 Å². The van der Waals surface area contributed by atoms with E-state index in [1.54, 1.807) is 19.2 Å². The van der Waals surface area contributed by atoms with Gasteiger partial charge < -0.3 is 14.8 Å². The molecule has 0 atom stereocenters. The maximum absolute atomic E-state index is 6.17. The lowest BCUT2D eigenvalue weighted by Crippen LogP contribution is -2.18. The van der Waals surface area contributed by atoms with Gasteiger partial charge in [0.2, 0.25) is 0 Å². The van der Waals surface area contributed by atoms with Crippen LogP contribution in [0.4, 0.5) is 0 Å². The van der Waals surface area contributed by atoms with Crippen LogP contribution in [-0.4, -0.2) is 13.7 Å². The summed E-state index contributed by atoms with van der Waals surface area (Å²) in [6, 6.07) is 11.3. The van der Waals surface area contributed by atoms with Gasteiger partial charge in [0.05, 0.1) is 7.11 Å². The van der Waals surface area contributed by atoms with Crippen LogP contribution in [0.25, 0.3) is 0 Å². The predicted octanol–water partition coefficient (Wildman–Crippen LogP) is 5.33. The number of rotatable bonds is 8. The number of nitrogens with one attached hydrogen (secondary N) is 1. The Balaban J connectivity index is 2.05. The lowest BCUT2D eigenvalue weighted by Gasteiger charge is -2.14. The highest BCUT2D eigenvalue weighted by atomic mass is 35.5. The van der Waals surface area contributed by atoms with Gasteiger partial charge in [-0.05, 0) is 42.3 Å². The Kier molecular flexibility index (Phi) is 7.22. The molecule has 0 aliphatic carbocycles. The van der Waals surface area contributed by atoms with E-state index in [4.69, 9.17) is 32.7 Å². The minimum atomic E-state index is 0.291. The molecule has 0 aliphatic heterocycles. The fourth-order valence-electron chi connectivity index (χ4n) is 2.27. The van der Waals surface area contributed by atoms with Gasteiger partial charge in [-0.15, -0.1) is 0 Å². The number of halogens is 2. The van der Waals surface area contributed by atoms with E-state index in [1.807, 2.05) is 24.3 Å². The van der Waals surface area contributed by atoms with Crippen LogP contribution in [0.5, 0.6) is 11.5 Å². The van der Waals surface area contributed by atoms with Crippen LogP contribution in [0, 0.1) is 5.92 Å². The molecule has 5 heteroatoms. The van der Waals surface area contributed by atoms with Gasteiger partial charge in [-0.2, -0.15) is 0 Å². The molecule has 0 bridgehead atoms. The van der Waals surface area contributed by atoms with E-state index in [9.17, 15) is 0 Å². The summed E-state index contributed by atoms with van der Waals surface area (Å²) in [5, 5.41) is 4.60. The van der Waals surface area contributed by atoms with Crippen molar-refractivity contribution in [1.29, 1.82) is 0 Å². The first-order valence-corrected chi connectivity index (χ1v) is 8.70. The van der Waals surface area contributed by atoms with Gasteiger partial charge in [-0.3, -0.25) is 0 Å². The summed E-state index contributed by atoms with van der Waals surface area (Å²) in [5.74, 6) is 1.98. The van der Waals surface area contributed by atoms with Gasteiger partial charge in [0.25, 0.3) is 0 Å². The third kappa shape index (κ3) is 5.30. The largest absolute Gasteiger partial charge is 0.493 e. The molecule has 24 heavy (non-hydrogen) atoms. The number of hydrogen-bond donors (Lipinski definition) is 1. The first-order valence-electron chi connectivity index (χ1n) is 7.94. The zero-order valence-corrected chi connectivity index (χ0v) is 15.7. The minimum Gasteiger partial charge on any atom is -0.493 e. The number of methoxy groups -OCH3 is 1. The molecule has 130 valence electrons. The standard InChI is InChI=1S/C19H23Cl2NO2/c1-13(2)10-22-11-14-7-8-18(19(9-14)23-3)24-12-15-16(20)5-4-6-17(15)21/h4-9,13,22H,10-12H2,1-3H3. The first-order chi connectivity index (χ1) is 11.5. The zero-order valence-electron chi connectivity index (χ0n) is 14.2. The average Bonchev–Trinajstić information content (AvgIpc) is 2.54. The lowest BCUT2D eigenvalue weighted by atomic mass is 10.1. The Morgan fingerprint density at radius 3 is 2.38 bits per heavy atom. The van der Waals surface area contributed by atoms with Gasteiger partial charge >= 0.3 is 0 Å². The Bertz CT molecular complexity index is 654. The van der Waals surface area contributed by atoms with E-state index in [2.05, 4.69) is 19.2 Å². The molecule has 2 rings (SSSR count). The quantitative estimate of drug-likeness (QED) is 0.684. The second kappa shape index (κ2) is 9.16. The van der Waals surface area contributed by atoms with Crippen molar-refractivity contribution in [2.24, 2.45) is 5.92 Å². The molecule has 0 radical (unpaired) electrons. The van der Waals surface area contributed by atoms with Gasteiger partial charge in [-0.1, -0.05) is 49.2 Å². The van der Waals surface area contributed by atoms with Crippen LogP contribution in [0.1, 0.15) is 25.0 Å².